The first-order chi connectivity index (χ1) is 8.51. The van der Waals surface area contributed by atoms with E-state index in [-0.39, 0.29) is 4.90 Å². The highest BCUT2D eigenvalue weighted by Gasteiger charge is 2.45. The fraction of sp³-hybridized carbons (Fsp3) is 0.500. The van der Waals surface area contributed by atoms with Gasteiger partial charge in [-0.05, 0) is 39.8 Å². The zero-order valence-electron chi connectivity index (χ0n) is 11.3. The number of carboxylic acid groups (broad SMARTS) is 1. The Labute approximate surface area is 112 Å². The van der Waals surface area contributed by atoms with Gasteiger partial charge in [-0.25, -0.2) is 13.1 Å². The third-order valence-electron chi connectivity index (χ3n) is 3.43. The standard InChI is InChI=1S/C12H18N2O4S/c1-11(2,10(15)16)12(3,4)14-19(17,18)9-6-5-7-13-8-9/h5-8,14H,1-4H3,(H,15,16). The number of sulfonamides is 1. The number of hydrogen-bond acceptors (Lipinski definition) is 4. The Morgan fingerprint density at radius 1 is 1.32 bits per heavy atom. The van der Waals surface area contributed by atoms with Gasteiger partial charge >= 0.3 is 5.97 Å². The molecule has 1 rings (SSSR count). The van der Waals surface area contributed by atoms with Crippen molar-refractivity contribution in [2.24, 2.45) is 5.41 Å². The van der Waals surface area contributed by atoms with Crippen molar-refractivity contribution >= 4 is 16.0 Å². The van der Waals surface area contributed by atoms with Gasteiger partial charge in [-0.1, -0.05) is 0 Å². The average molecular weight is 286 g/mol. The van der Waals surface area contributed by atoms with Crippen LogP contribution in [0, 0.1) is 5.41 Å². The van der Waals surface area contributed by atoms with E-state index in [1.54, 1.807) is 0 Å². The largest absolute Gasteiger partial charge is 0.481 e. The number of nitrogens with one attached hydrogen (secondary N) is 1. The Hall–Kier alpha value is -1.47. The van der Waals surface area contributed by atoms with Crippen LogP contribution in [-0.4, -0.2) is 30.0 Å². The lowest BCUT2D eigenvalue weighted by atomic mass is 9.75. The second-order valence-corrected chi connectivity index (χ2v) is 7.03. The van der Waals surface area contributed by atoms with Crippen LogP contribution in [0.5, 0.6) is 0 Å². The van der Waals surface area contributed by atoms with Gasteiger partial charge in [0, 0.05) is 17.9 Å². The van der Waals surface area contributed by atoms with Crippen LogP contribution in [0.4, 0.5) is 0 Å². The molecule has 1 aromatic rings. The normalized spacial score (nSPS) is 13.3. The Bertz CT molecular complexity index is 565. The number of nitrogens with zero attached hydrogens (tertiary/aromatic N) is 1. The summed E-state index contributed by atoms with van der Waals surface area (Å²) in [6.07, 6.45) is 2.68. The number of aromatic nitrogens is 1. The van der Waals surface area contributed by atoms with Crippen LogP contribution in [0.15, 0.2) is 29.4 Å². The Morgan fingerprint density at radius 2 is 1.89 bits per heavy atom. The van der Waals surface area contributed by atoms with E-state index in [1.165, 1.54) is 52.2 Å². The summed E-state index contributed by atoms with van der Waals surface area (Å²) < 4.78 is 26.8. The van der Waals surface area contributed by atoms with Gasteiger partial charge in [-0.15, -0.1) is 0 Å². The van der Waals surface area contributed by atoms with E-state index >= 15 is 0 Å². The Balaban J connectivity index is 3.12. The van der Waals surface area contributed by atoms with Crippen molar-refractivity contribution in [2.75, 3.05) is 0 Å². The molecule has 0 saturated heterocycles. The minimum atomic E-state index is -3.81. The summed E-state index contributed by atoms with van der Waals surface area (Å²) in [7, 11) is -3.81. The van der Waals surface area contributed by atoms with E-state index < -0.39 is 26.9 Å². The van der Waals surface area contributed by atoms with E-state index in [4.69, 9.17) is 0 Å². The first-order valence-corrected chi connectivity index (χ1v) is 7.16. The van der Waals surface area contributed by atoms with Gasteiger partial charge in [0.1, 0.15) is 4.90 Å². The van der Waals surface area contributed by atoms with Crippen molar-refractivity contribution < 1.29 is 18.3 Å². The van der Waals surface area contributed by atoms with Crippen LogP contribution in [-0.2, 0) is 14.8 Å². The molecule has 0 aromatic carbocycles. The Kier molecular flexibility index (Phi) is 4.02. The van der Waals surface area contributed by atoms with Crippen molar-refractivity contribution in [3.05, 3.63) is 24.5 Å². The molecule has 2 N–H and O–H groups in total. The van der Waals surface area contributed by atoms with E-state index in [2.05, 4.69) is 9.71 Å². The molecule has 7 heteroatoms. The molecule has 6 nitrogen and oxygen atoms in total. The Morgan fingerprint density at radius 3 is 2.32 bits per heavy atom. The predicted molar refractivity (Wildman–Crippen MR) is 70.1 cm³/mol. The minimum absolute atomic E-state index is 0.00395. The summed E-state index contributed by atoms with van der Waals surface area (Å²) in [6.45, 7) is 6.02. The molecule has 0 saturated carbocycles. The molecule has 0 bridgehead atoms. The fourth-order valence-corrected chi connectivity index (χ4v) is 2.80. The van der Waals surface area contributed by atoms with E-state index in [0.29, 0.717) is 0 Å². The molecular formula is C12H18N2O4S. The van der Waals surface area contributed by atoms with Gasteiger partial charge in [0.05, 0.1) is 5.41 Å². The quantitative estimate of drug-likeness (QED) is 0.849. The van der Waals surface area contributed by atoms with E-state index in [1.807, 2.05) is 0 Å². The first kappa shape index (κ1) is 15.6. The molecule has 0 spiro atoms. The molecule has 0 fully saturated rings. The molecule has 1 heterocycles. The van der Waals surface area contributed by atoms with Crippen molar-refractivity contribution in [3.8, 4) is 0 Å². The summed E-state index contributed by atoms with van der Waals surface area (Å²) in [5, 5.41) is 9.20. The zero-order valence-corrected chi connectivity index (χ0v) is 12.2. The van der Waals surface area contributed by atoms with Crippen LogP contribution in [0.1, 0.15) is 27.7 Å². The molecular weight excluding hydrogens is 268 g/mol. The molecule has 1 aromatic heterocycles. The number of aliphatic carboxylic acids is 1. The SMILES string of the molecule is CC(C)(NS(=O)(=O)c1cccnc1)C(C)(C)C(=O)O. The van der Waals surface area contributed by atoms with Crippen molar-refractivity contribution in [1.82, 2.24) is 9.71 Å². The molecule has 0 aliphatic heterocycles. The molecule has 0 aliphatic carbocycles. The third-order valence-corrected chi connectivity index (χ3v) is 5.07. The topological polar surface area (TPSA) is 96.4 Å². The monoisotopic (exact) mass is 286 g/mol. The van der Waals surface area contributed by atoms with Gasteiger partial charge in [0.15, 0.2) is 0 Å². The highest BCUT2D eigenvalue weighted by molar-refractivity contribution is 7.89. The van der Waals surface area contributed by atoms with Crippen LogP contribution in [0.3, 0.4) is 0 Å². The van der Waals surface area contributed by atoms with Crippen molar-refractivity contribution in [2.45, 2.75) is 38.1 Å². The lowest BCUT2D eigenvalue weighted by molar-refractivity contribution is -0.150. The van der Waals surface area contributed by atoms with Gasteiger partial charge < -0.3 is 5.11 Å². The van der Waals surface area contributed by atoms with Gasteiger partial charge in [0.2, 0.25) is 10.0 Å². The summed E-state index contributed by atoms with van der Waals surface area (Å²) >= 11 is 0. The third kappa shape index (κ3) is 3.10. The summed E-state index contributed by atoms with van der Waals surface area (Å²) in [5.74, 6) is -1.08. The number of carboxylic acids is 1. The van der Waals surface area contributed by atoms with Gasteiger partial charge in [-0.3, -0.25) is 9.78 Å². The van der Waals surface area contributed by atoms with Gasteiger partial charge in [-0.2, -0.15) is 0 Å². The maximum Gasteiger partial charge on any atom is 0.310 e. The molecule has 0 unspecified atom stereocenters. The zero-order chi connectivity index (χ0) is 14.9. The summed E-state index contributed by atoms with van der Waals surface area (Å²) in [6, 6.07) is 2.91. The lowest BCUT2D eigenvalue weighted by Crippen LogP contribution is -2.56. The van der Waals surface area contributed by atoms with Crippen molar-refractivity contribution in [3.63, 3.8) is 0 Å². The second-order valence-electron chi connectivity index (χ2n) is 5.35. The highest BCUT2D eigenvalue weighted by atomic mass is 32.2. The number of hydrogen-bond donors (Lipinski definition) is 2. The van der Waals surface area contributed by atoms with Gasteiger partial charge in [0.25, 0.3) is 0 Å². The van der Waals surface area contributed by atoms with Crippen LogP contribution in [0.2, 0.25) is 0 Å². The fourth-order valence-electron chi connectivity index (χ4n) is 1.30. The molecule has 106 valence electrons. The number of carbonyl (C=O) groups is 1. The maximum atomic E-state index is 12.2. The molecule has 19 heavy (non-hydrogen) atoms. The second kappa shape index (κ2) is 4.90. The molecule has 0 amide bonds. The lowest BCUT2D eigenvalue weighted by Gasteiger charge is -2.38. The highest BCUT2D eigenvalue weighted by Crippen LogP contribution is 2.32. The van der Waals surface area contributed by atoms with E-state index in [9.17, 15) is 18.3 Å². The maximum absolute atomic E-state index is 12.2. The number of rotatable bonds is 5. The summed E-state index contributed by atoms with van der Waals surface area (Å²) in [4.78, 5) is 15.0. The smallest absolute Gasteiger partial charge is 0.310 e. The molecule has 0 aliphatic rings. The van der Waals surface area contributed by atoms with E-state index in [0.717, 1.165) is 0 Å². The molecule has 0 radical (unpaired) electrons. The average Bonchev–Trinajstić information content (AvgIpc) is 2.28. The van der Waals surface area contributed by atoms with Crippen LogP contribution in [0.25, 0.3) is 0 Å². The number of pyridine rings is 1. The van der Waals surface area contributed by atoms with Crippen LogP contribution >= 0.6 is 0 Å². The van der Waals surface area contributed by atoms with Crippen LogP contribution < -0.4 is 4.72 Å². The minimum Gasteiger partial charge on any atom is -0.481 e. The first-order valence-electron chi connectivity index (χ1n) is 5.68. The molecule has 0 atom stereocenters. The van der Waals surface area contributed by atoms with Crippen molar-refractivity contribution in [1.29, 1.82) is 0 Å². The summed E-state index contributed by atoms with van der Waals surface area (Å²) in [5.41, 5.74) is -2.42. The predicted octanol–water partition coefficient (Wildman–Crippen LogP) is 1.25.